The van der Waals surface area contributed by atoms with E-state index in [1.807, 2.05) is 38.1 Å². The fourth-order valence-corrected chi connectivity index (χ4v) is 2.62. The number of nitrogens with zero attached hydrogens (tertiary/aromatic N) is 1. The predicted molar refractivity (Wildman–Crippen MR) is 91.5 cm³/mol. The Bertz CT molecular complexity index is 910. The van der Waals surface area contributed by atoms with E-state index in [4.69, 9.17) is 4.52 Å². The molecule has 0 spiro atoms. The minimum atomic E-state index is -1.11. The number of hydrogen-bond acceptors (Lipinski definition) is 4. The molecule has 3 N–H and O–H groups in total. The number of carboxylic acids is 1. The lowest BCUT2D eigenvalue weighted by Gasteiger charge is -2.13. The molecule has 3 aromatic rings. The normalized spacial score (nSPS) is 12.4. The van der Waals surface area contributed by atoms with Crippen molar-refractivity contribution in [1.82, 2.24) is 15.5 Å². The molecule has 0 fully saturated rings. The molecule has 0 aliphatic rings. The van der Waals surface area contributed by atoms with Gasteiger partial charge in [0.25, 0.3) is 5.91 Å². The number of amides is 1. The summed E-state index contributed by atoms with van der Waals surface area (Å²) in [6, 6.07) is 8.08. The van der Waals surface area contributed by atoms with Crippen LogP contribution < -0.4 is 5.32 Å². The fraction of sp³-hybridized carbons (Fsp3) is 0.278. The van der Waals surface area contributed by atoms with Gasteiger partial charge in [-0.2, -0.15) is 0 Å². The Labute approximate surface area is 144 Å². The van der Waals surface area contributed by atoms with Crippen LogP contribution in [0.4, 0.5) is 0 Å². The van der Waals surface area contributed by atoms with Crippen LogP contribution in [0, 0.1) is 0 Å². The molecule has 0 bridgehead atoms. The number of rotatable bonds is 6. The standard InChI is InChI=1S/C18H19N3O4/c1-10(2)16-8-14(21-25-16)17(22)20-15(18(23)24)7-11-9-19-13-6-4-3-5-12(11)13/h3-6,8-10,15,19H,7H2,1-2H3,(H,20,22)(H,23,24). The Morgan fingerprint density at radius 1 is 1.32 bits per heavy atom. The van der Waals surface area contributed by atoms with Crippen LogP contribution in [0.5, 0.6) is 0 Å². The quantitative estimate of drug-likeness (QED) is 0.639. The Hall–Kier alpha value is -3.09. The molecular formula is C18H19N3O4. The summed E-state index contributed by atoms with van der Waals surface area (Å²) in [5.41, 5.74) is 1.83. The van der Waals surface area contributed by atoms with Crippen molar-refractivity contribution in [1.29, 1.82) is 0 Å². The fourth-order valence-electron chi connectivity index (χ4n) is 2.62. The molecule has 3 rings (SSSR count). The molecule has 7 heteroatoms. The van der Waals surface area contributed by atoms with Crippen molar-refractivity contribution in [3.63, 3.8) is 0 Å². The van der Waals surface area contributed by atoms with Crippen molar-refractivity contribution in [3.8, 4) is 0 Å². The maximum absolute atomic E-state index is 12.3. The Morgan fingerprint density at radius 3 is 2.76 bits per heavy atom. The molecule has 0 aliphatic carbocycles. The summed E-state index contributed by atoms with van der Waals surface area (Å²) in [7, 11) is 0. The molecule has 7 nitrogen and oxygen atoms in total. The third kappa shape index (κ3) is 3.55. The van der Waals surface area contributed by atoms with Crippen molar-refractivity contribution in [2.75, 3.05) is 0 Å². The van der Waals surface area contributed by atoms with Crippen LogP contribution in [0.15, 0.2) is 41.1 Å². The number of fused-ring (bicyclic) bond motifs is 1. The van der Waals surface area contributed by atoms with Crippen molar-refractivity contribution < 1.29 is 19.2 Å². The molecule has 2 heterocycles. The van der Waals surface area contributed by atoms with E-state index in [1.54, 1.807) is 6.20 Å². The highest BCUT2D eigenvalue weighted by Crippen LogP contribution is 2.19. The molecule has 25 heavy (non-hydrogen) atoms. The number of H-pyrrole nitrogens is 1. The number of aromatic amines is 1. The zero-order chi connectivity index (χ0) is 18.0. The van der Waals surface area contributed by atoms with Crippen LogP contribution in [0.25, 0.3) is 10.9 Å². The van der Waals surface area contributed by atoms with E-state index in [2.05, 4.69) is 15.5 Å². The molecule has 1 unspecified atom stereocenters. The van der Waals surface area contributed by atoms with Crippen LogP contribution in [0.3, 0.4) is 0 Å². The highest BCUT2D eigenvalue weighted by atomic mass is 16.5. The van der Waals surface area contributed by atoms with Crippen molar-refractivity contribution >= 4 is 22.8 Å². The van der Waals surface area contributed by atoms with Gasteiger partial charge in [0.15, 0.2) is 5.69 Å². The highest BCUT2D eigenvalue weighted by molar-refractivity contribution is 5.95. The summed E-state index contributed by atoms with van der Waals surface area (Å²) in [5.74, 6) is -1.00. The predicted octanol–water partition coefficient (Wildman–Crippen LogP) is 2.71. The molecule has 1 amide bonds. The van der Waals surface area contributed by atoms with Gasteiger partial charge >= 0.3 is 5.97 Å². The average molecular weight is 341 g/mol. The molecule has 0 radical (unpaired) electrons. The summed E-state index contributed by atoms with van der Waals surface area (Å²) in [5, 5.41) is 16.6. The van der Waals surface area contributed by atoms with E-state index in [0.717, 1.165) is 16.5 Å². The number of benzene rings is 1. The summed E-state index contributed by atoms with van der Waals surface area (Å²) < 4.78 is 5.09. The van der Waals surface area contributed by atoms with Gasteiger partial charge < -0.3 is 19.9 Å². The Morgan fingerprint density at radius 2 is 2.08 bits per heavy atom. The van der Waals surface area contributed by atoms with Crippen LogP contribution in [0.2, 0.25) is 0 Å². The van der Waals surface area contributed by atoms with Crippen LogP contribution in [-0.2, 0) is 11.2 Å². The smallest absolute Gasteiger partial charge is 0.326 e. The second-order valence-electron chi connectivity index (χ2n) is 6.20. The zero-order valence-corrected chi connectivity index (χ0v) is 13.9. The lowest BCUT2D eigenvalue weighted by molar-refractivity contribution is -0.139. The average Bonchev–Trinajstić information content (AvgIpc) is 3.21. The maximum Gasteiger partial charge on any atom is 0.326 e. The maximum atomic E-state index is 12.3. The number of hydrogen-bond donors (Lipinski definition) is 3. The van der Waals surface area contributed by atoms with E-state index in [9.17, 15) is 14.7 Å². The van der Waals surface area contributed by atoms with Gasteiger partial charge in [0.2, 0.25) is 0 Å². The molecule has 0 saturated heterocycles. The molecule has 0 saturated carbocycles. The molecule has 1 atom stereocenters. The number of carbonyl (C=O) groups is 2. The first-order valence-electron chi connectivity index (χ1n) is 8.01. The summed E-state index contributed by atoms with van der Waals surface area (Å²) >= 11 is 0. The minimum absolute atomic E-state index is 0.0777. The summed E-state index contributed by atoms with van der Waals surface area (Å²) in [4.78, 5) is 27.0. The third-order valence-electron chi connectivity index (χ3n) is 4.03. The number of para-hydroxylation sites is 1. The first-order chi connectivity index (χ1) is 12.0. The Balaban J connectivity index is 1.77. The van der Waals surface area contributed by atoms with Crippen molar-refractivity contribution in [2.45, 2.75) is 32.2 Å². The highest BCUT2D eigenvalue weighted by Gasteiger charge is 2.24. The van der Waals surface area contributed by atoms with Crippen LogP contribution in [-0.4, -0.2) is 33.2 Å². The first kappa shape index (κ1) is 16.8. The number of aliphatic carboxylic acids is 1. The lowest BCUT2D eigenvalue weighted by atomic mass is 10.0. The van der Waals surface area contributed by atoms with E-state index >= 15 is 0 Å². The third-order valence-corrected chi connectivity index (χ3v) is 4.03. The summed E-state index contributed by atoms with van der Waals surface area (Å²) in [6.07, 6.45) is 1.93. The van der Waals surface area contributed by atoms with Gasteiger partial charge in [-0.15, -0.1) is 0 Å². The van der Waals surface area contributed by atoms with Gasteiger partial charge in [-0.25, -0.2) is 4.79 Å². The number of nitrogens with one attached hydrogen (secondary N) is 2. The van der Waals surface area contributed by atoms with Gasteiger partial charge in [0.1, 0.15) is 11.8 Å². The molecule has 2 aromatic heterocycles. The molecule has 0 aliphatic heterocycles. The van der Waals surface area contributed by atoms with E-state index in [0.29, 0.717) is 5.76 Å². The second kappa shape index (κ2) is 6.80. The van der Waals surface area contributed by atoms with Gasteiger partial charge in [0, 0.05) is 35.5 Å². The van der Waals surface area contributed by atoms with E-state index in [-0.39, 0.29) is 18.0 Å². The Kier molecular flexibility index (Phi) is 4.56. The summed E-state index contributed by atoms with van der Waals surface area (Å²) in [6.45, 7) is 3.83. The van der Waals surface area contributed by atoms with Gasteiger partial charge in [0.05, 0.1) is 0 Å². The number of carboxylic acid groups (broad SMARTS) is 1. The van der Waals surface area contributed by atoms with Gasteiger partial charge in [-0.1, -0.05) is 37.2 Å². The second-order valence-corrected chi connectivity index (χ2v) is 6.20. The van der Waals surface area contributed by atoms with E-state index in [1.165, 1.54) is 6.07 Å². The number of carbonyl (C=O) groups excluding carboxylic acids is 1. The van der Waals surface area contributed by atoms with Crippen LogP contribution >= 0.6 is 0 Å². The van der Waals surface area contributed by atoms with Gasteiger partial charge in [-0.05, 0) is 11.6 Å². The zero-order valence-electron chi connectivity index (χ0n) is 13.9. The topological polar surface area (TPSA) is 108 Å². The van der Waals surface area contributed by atoms with Gasteiger partial charge in [-0.3, -0.25) is 4.79 Å². The van der Waals surface area contributed by atoms with Crippen molar-refractivity contribution in [2.24, 2.45) is 0 Å². The SMILES string of the molecule is CC(C)c1cc(C(=O)NC(Cc2c[nH]c3ccccc23)C(=O)O)no1. The lowest BCUT2D eigenvalue weighted by Crippen LogP contribution is -2.42. The van der Waals surface area contributed by atoms with Crippen LogP contribution in [0.1, 0.15) is 41.6 Å². The minimum Gasteiger partial charge on any atom is -0.480 e. The largest absolute Gasteiger partial charge is 0.480 e. The first-order valence-corrected chi connectivity index (χ1v) is 8.01. The van der Waals surface area contributed by atoms with E-state index < -0.39 is 17.9 Å². The molecule has 130 valence electrons. The molecular weight excluding hydrogens is 322 g/mol. The number of aromatic nitrogens is 2. The monoisotopic (exact) mass is 341 g/mol. The molecule has 1 aromatic carbocycles. The van der Waals surface area contributed by atoms with Crippen molar-refractivity contribution in [3.05, 3.63) is 53.5 Å².